The molecule has 0 aromatic heterocycles. The van der Waals surface area contributed by atoms with Gasteiger partial charge in [-0.2, -0.15) is 0 Å². The van der Waals surface area contributed by atoms with Gasteiger partial charge in [0.25, 0.3) is 0 Å². The molecule has 70 valence electrons. The number of hydrogen-bond donors (Lipinski definition) is 0. The van der Waals surface area contributed by atoms with Crippen LogP contribution < -0.4 is 0 Å². The van der Waals surface area contributed by atoms with Crippen LogP contribution in [0.1, 0.15) is 0 Å². The molecule has 0 radical (unpaired) electrons. The Morgan fingerprint density at radius 3 is 1.85 bits per heavy atom. The fourth-order valence-electron chi connectivity index (χ4n) is 2.25. The van der Waals surface area contributed by atoms with E-state index in [0.29, 0.717) is 11.8 Å². The number of fused-ring (bicyclic) bond motifs is 1. The number of rotatable bonds is 1. The van der Waals surface area contributed by atoms with Crippen LogP contribution in [0.25, 0.3) is 0 Å². The van der Waals surface area contributed by atoms with Gasteiger partial charge in [-0.25, -0.2) is 0 Å². The monoisotopic (exact) mass is 282 g/mol. The first-order valence-corrected chi connectivity index (χ1v) is 15.3. The van der Waals surface area contributed by atoms with Crippen molar-refractivity contribution in [3.63, 3.8) is 0 Å². The van der Waals surface area contributed by atoms with Crippen molar-refractivity contribution in [1.82, 2.24) is 0 Å². The van der Waals surface area contributed by atoms with Gasteiger partial charge in [0, 0.05) is 0 Å². The molecule has 0 aliphatic heterocycles. The summed E-state index contributed by atoms with van der Waals surface area (Å²) in [5.41, 5.74) is 0. The second kappa shape index (κ2) is 3.30. The molecular formula is C12H18Sn. The summed E-state index contributed by atoms with van der Waals surface area (Å²) >= 11 is -1.75. The Hall–Kier alpha value is 0.0187. The topological polar surface area (TPSA) is 0 Å². The van der Waals surface area contributed by atoms with Crippen molar-refractivity contribution in [2.45, 2.75) is 18.8 Å². The van der Waals surface area contributed by atoms with E-state index >= 15 is 0 Å². The number of allylic oxidation sites excluding steroid dienone is 6. The number of hydrogen-bond acceptors (Lipinski definition) is 0. The van der Waals surface area contributed by atoms with E-state index < -0.39 is 18.4 Å². The summed E-state index contributed by atoms with van der Waals surface area (Å²) < 4.78 is 0.870. The summed E-state index contributed by atoms with van der Waals surface area (Å²) in [5.74, 6) is 1.31. The molecule has 0 unspecified atom stereocenters. The van der Waals surface area contributed by atoms with Crippen LogP contribution in [0, 0.1) is 11.8 Å². The predicted octanol–water partition coefficient (Wildman–Crippen LogP) is 3.62. The van der Waals surface area contributed by atoms with Crippen LogP contribution in [-0.4, -0.2) is 18.4 Å². The minimum atomic E-state index is -1.75. The molecule has 1 atom stereocenters. The molecule has 0 saturated carbocycles. The Balaban J connectivity index is 2.32. The van der Waals surface area contributed by atoms with Crippen molar-refractivity contribution in [3.8, 4) is 0 Å². The van der Waals surface area contributed by atoms with Crippen molar-refractivity contribution in [2.75, 3.05) is 0 Å². The van der Waals surface area contributed by atoms with Crippen LogP contribution in [0.4, 0.5) is 0 Å². The fraction of sp³-hybridized carbons (Fsp3) is 0.500. The van der Waals surface area contributed by atoms with Crippen LogP contribution in [0.3, 0.4) is 0 Å². The molecule has 0 fully saturated rings. The van der Waals surface area contributed by atoms with Crippen LogP contribution in [-0.2, 0) is 0 Å². The standard InChI is InChI=1S/C9H9.3CH3.Sn/c1-2-8-4-6-9(3-1)7-5-8;;;;/h1-9H;3*1H3;. The molecule has 2 bridgehead atoms. The van der Waals surface area contributed by atoms with Gasteiger partial charge < -0.3 is 0 Å². The Morgan fingerprint density at radius 1 is 0.769 bits per heavy atom. The van der Waals surface area contributed by atoms with E-state index in [4.69, 9.17) is 0 Å². The van der Waals surface area contributed by atoms with Gasteiger partial charge in [-0.05, 0) is 0 Å². The van der Waals surface area contributed by atoms with Gasteiger partial charge in [0.15, 0.2) is 0 Å². The first-order valence-electron chi connectivity index (χ1n) is 5.12. The molecule has 3 aliphatic carbocycles. The van der Waals surface area contributed by atoms with Crippen LogP contribution in [0.2, 0.25) is 18.8 Å². The van der Waals surface area contributed by atoms with Crippen molar-refractivity contribution in [2.24, 2.45) is 11.8 Å². The normalized spacial score (nSPS) is 36.7. The third-order valence-electron chi connectivity index (χ3n) is 3.07. The average Bonchev–Trinajstić information content (AvgIpc) is 2.34. The molecule has 13 heavy (non-hydrogen) atoms. The van der Waals surface area contributed by atoms with Crippen LogP contribution in [0.15, 0.2) is 36.5 Å². The minimum absolute atomic E-state index is 0.592. The second-order valence-electron chi connectivity index (χ2n) is 5.20. The summed E-state index contributed by atoms with van der Waals surface area (Å²) in [5, 5.41) is 0. The van der Waals surface area contributed by atoms with Crippen molar-refractivity contribution >= 4 is 18.4 Å². The average molecular weight is 281 g/mol. The maximum atomic E-state index is 2.53. The summed E-state index contributed by atoms with van der Waals surface area (Å²) in [6, 6.07) is 0. The summed E-state index contributed by atoms with van der Waals surface area (Å²) in [6.45, 7) is 0. The van der Waals surface area contributed by atoms with E-state index in [2.05, 4.69) is 51.3 Å². The molecule has 0 aromatic rings. The van der Waals surface area contributed by atoms with Gasteiger partial charge in [0.05, 0.1) is 0 Å². The SMILES string of the molecule is [CH3][Sn]([CH3])([CH3])[C@@H]1C=CC2C=CC1C=C2. The maximum absolute atomic E-state index is 2.53. The summed E-state index contributed by atoms with van der Waals surface area (Å²) in [6.07, 6.45) is 14.4. The Bertz CT molecular complexity index is 264. The van der Waals surface area contributed by atoms with E-state index in [0.717, 1.165) is 3.93 Å². The third-order valence-corrected chi connectivity index (χ3v) is 10.4. The van der Waals surface area contributed by atoms with Gasteiger partial charge in [-0.3, -0.25) is 0 Å². The molecular weight excluding hydrogens is 263 g/mol. The molecule has 0 spiro atoms. The van der Waals surface area contributed by atoms with Crippen molar-refractivity contribution in [3.05, 3.63) is 36.5 Å². The Morgan fingerprint density at radius 2 is 1.31 bits per heavy atom. The summed E-state index contributed by atoms with van der Waals surface area (Å²) in [4.78, 5) is 7.60. The van der Waals surface area contributed by atoms with E-state index in [-0.39, 0.29) is 0 Å². The van der Waals surface area contributed by atoms with Crippen molar-refractivity contribution < 1.29 is 0 Å². The molecule has 0 aromatic carbocycles. The zero-order valence-corrected chi connectivity index (χ0v) is 11.6. The third kappa shape index (κ3) is 1.93. The van der Waals surface area contributed by atoms with Crippen LogP contribution >= 0.6 is 0 Å². The van der Waals surface area contributed by atoms with Gasteiger partial charge in [0.1, 0.15) is 0 Å². The molecule has 0 saturated heterocycles. The zero-order chi connectivity index (χ0) is 9.47. The molecule has 3 aliphatic rings. The first kappa shape index (κ1) is 9.57. The van der Waals surface area contributed by atoms with Gasteiger partial charge in [0.2, 0.25) is 0 Å². The first-order chi connectivity index (χ1) is 6.07. The fourth-order valence-corrected chi connectivity index (χ4v) is 8.15. The summed E-state index contributed by atoms with van der Waals surface area (Å²) in [7, 11) is 0. The van der Waals surface area contributed by atoms with Gasteiger partial charge in [-0.1, -0.05) is 0 Å². The van der Waals surface area contributed by atoms with Crippen molar-refractivity contribution in [1.29, 1.82) is 0 Å². The Labute approximate surface area is 85.3 Å². The van der Waals surface area contributed by atoms with Crippen LogP contribution in [0.5, 0.6) is 0 Å². The second-order valence-corrected chi connectivity index (χ2v) is 20.6. The van der Waals surface area contributed by atoms with E-state index in [1.807, 2.05) is 0 Å². The zero-order valence-electron chi connectivity index (χ0n) is 8.70. The molecule has 1 heteroatoms. The molecule has 0 amide bonds. The molecule has 0 heterocycles. The van der Waals surface area contributed by atoms with E-state index in [9.17, 15) is 0 Å². The van der Waals surface area contributed by atoms with E-state index in [1.54, 1.807) is 0 Å². The Kier molecular flexibility index (Phi) is 2.43. The van der Waals surface area contributed by atoms with Gasteiger partial charge in [-0.15, -0.1) is 0 Å². The van der Waals surface area contributed by atoms with E-state index in [1.165, 1.54) is 0 Å². The molecule has 0 N–H and O–H groups in total. The molecule has 3 rings (SSSR count). The predicted molar refractivity (Wildman–Crippen MR) is 61.5 cm³/mol. The molecule has 0 nitrogen and oxygen atoms in total. The van der Waals surface area contributed by atoms with Gasteiger partial charge >= 0.3 is 85.4 Å². The quantitative estimate of drug-likeness (QED) is 0.508.